The summed E-state index contributed by atoms with van der Waals surface area (Å²) in [5.41, 5.74) is -0.226. The topological polar surface area (TPSA) is 70.0 Å². The van der Waals surface area contributed by atoms with Crippen LogP contribution in [0, 0.1) is 33.5 Å². The standard InChI is InChI=1S/C19H16N2O2/c20-12-19(13-21)16(15-7-4-10-22-15)18(8-9-18)17(19)23-11-14-5-2-1-3-6-14/h1-7,10,16-17H,8-9,11H2. The van der Waals surface area contributed by atoms with Gasteiger partial charge in [0.05, 0.1) is 37.0 Å². The fourth-order valence-electron chi connectivity index (χ4n) is 4.09. The first-order valence-corrected chi connectivity index (χ1v) is 7.78. The second kappa shape index (κ2) is 4.98. The summed E-state index contributed by atoms with van der Waals surface area (Å²) >= 11 is 0. The molecular weight excluding hydrogens is 288 g/mol. The van der Waals surface area contributed by atoms with Gasteiger partial charge >= 0.3 is 0 Å². The molecule has 2 aliphatic carbocycles. The Balaban J connectivity index is 1.62. The Morgan fingerprint density at radius 2 is 1.83 bits per heavy atom. The monoisotopic (exact) mass is 304 g/mol. The number of benzene rings is 1. The van der Waals surface area contributed by atoms with Gasteiger partial charge in [0.2, 0.25) is 0 Å². The Kier molecular flexibility index (Phi) is 3.04. The zero-order valence-electron chi connectivity index (χ0n) is 12.6. The van der Waals surface area contributed by atoms with Crippen molar-refractivity contribution >= 4 is 0 Å². The van der Waals surface area contributed by atoms with Crippen molar-refractivity contribution in [2.24, 2.45) is 10.8 Å². The molecule has 0 saturated heterocycles. The summed E-state index contributed by atoms with van der Waals surface area (Å²) in [5.74, 6) is 0.533. The van der Waals surface area contributed by atoms with E-state index in [1.807, 2.05) is 42.5 Å². The van der Waals surface area contributed by atoms with Crippen molar-refractivity contribution in [2.75, 3.05) is 0 Å². The summed E-state index contributed by atoms with van der Waals surface area (Å²) in [7, 11) is 0. The van der Waals surface area contributed by atoms with Crippen LogP contribution in [-0.2, 0) is 11.3 Å². The van der Waals surface area contributed by atoms with Crippen molar-refractivity contribution < 1.29 is 9.15 Å². The van der Waals surface area contributed by atoms with Gasteiger partial charge in [0, 0.05) is 5.41 Å². The molecule has 2 saturated carbocycles. The Hall–Kier alpha value is -2.56. The third-order valence-electron chi connectivity index (χ3n) is 5.25. The van der Waals surface area contributed by atoms with E-state index in [0.717, 1.165) is 24.2 Å². The predicted octanol–water partition coefficient (Wildman–Crippen LogP) is 3.78. The molecule has 2 atom stereocenters. The molecular formula is C19H16N2O2. The average molecular weight is 304 g/mol. The van der Waals surface area contributed by atoms with Gasteiger partial charge in [-0.05, 0) is 30.5 Å². The SMILES string of the molecule is N#CC1(C#N)C(OCc2ccccc2)C2(CC2)C1c1ccco1. The lowest BCUT2D eigenvalue weighted by atomic mass is 9.49. The molecule has 1 spiro atoms. The summed E-state index contributed by atoms with van der Waals surface area (Å²) in [4.78, 5) is 0. The first-order chi connectivity index (χ1) is 11.3. The molecule has 2 unspecified atom stereocenters. The number of furan rings is 1. The molecule has 2 aromatic rings. The van der Waals surface area contributed by atoms with E-state index >= 15 is 0 Å². The normalized spacial score (nSPS) is 26.0. The highest BCUT2D eigenvalue weighted by Gasteiger charge is 2.79. The zero-order chi connectivity index (χ0) is 15.9. The third kappa shape index (κ3) is 1.86. The maximum atomic E-state index is 9.74. The number of hydrogen-bond acceptors (Lipinski definition) is 4. The van der Waals surface area contributed by atoms with Crippen LogP contribution in [0.15, 0.2) is 53.1 Å². The van der Waals surface area contributed by atoms with Gasteiger partial charge in [-0.2, -0.15) is 10.5 Å². The molecule has 1 heterocycles. The first kappa shape index (κ1) is 14.1. The smallest absolute Gasteiger partial charge is 0.180 e. The van der Waals surface area contributed by atoms with Crippen LogP contribution in [-0.4, -0.2) is 6.10 Å². The minimum absolute atomic E-state index is 0.113. The predicted molar refractivity (Wildman–Crippen MR) is 81.8 cm³/mol. The van der Waals surface area contributed by atoms with Crippen LogP contribution < -0.4 is 0 Å². The third-order valence-corrected chi connectivity index (χ3v) is 5.25. The summed E-state index contributed by atoms with van der Waals surface area (Å²) in [6, 6.07) is 18.0. The second-order valence-corrected chi connectivity index (χ2v) is 6.45. The lowest BCUT2D eigenvalue weighted by Gasteiger charge is -2.53. The fourth-order valence-corrected chi connectivity index (χ4v) is 4.09. The number of rotatable bonds is 4. The van der Waals surface area contributed by atoms with E-state index in [2.05, 4.69) is 12.1 Å². The Morgan fingerprint density at radius 3 is 2.39 bits per heavy atom. The molecule has 114 valence electrons. The summed E-state index contributed by atoms with van der Waals surface area (Å²) < 4.78 is 11.6. The molecule has 4 rings (SSSR count). The Morgan fingerprint density at radius 1 is 1.09 bits per heavy atom. The molecule has 0 amide bonds. The van der Waals surface area contributed by atoms with Crippen LogP contribution in [0.4, 0.5) is 0 Å². The molecule has 2 fully saturated rings. The summed E-state index contributed by atoms with van der Waals surface area (Å²) in [5, 5.41) is 19.5. The lowest BCUT2D eigenvalue weighted by Crippen LogP contribution is -2.60. The average Bonchev–Trinajstić information content (AvgIpc) is 3.24. The van der Waals surface area contributed by atoms with E-state index in [0.29, 0.717) is 6.61 Å². The fraction of sp³-hybridized carbons (Fsp3) is 0.368. The molecule has 1 aromatic carbocycles. The second-order valence-electron chi connectivity index (χ2n) is 6.45. The molecule has 23 heavy (non-hydrogen) atoms. The van der Waals surface area contributed by atoms with Crippen LogP contribution in [0.5, 0.6) is 0 Å². The summed E-state index contributed by atoms with van der Waals surface area (Å²) in [6.45, 7) is 0.420. The van der Waals surface area contributed by atoms with Gasteiger partial charge in [-0.25, -0.2) is 0 Å². The summed E-state index contributed by atoms with van der Waals surface area (Å²) in [6.07, 6.45) is 3.19. The molecule has 2 aliphatic rings. The molecule has 4 heteroatoms. The van der Waals surface area contributed by atoms with Crippen LogP contribution >= 0.6 is 0 Å². The Labute approximate surface area is 134 Å². The van der Waals surface area contributed by atoms with Gasteiger partial charge in [-0.15, -0.1) is 0 Å². The van der Waals surface area contributed by atoms with E-state index in [9.17, 15) is 10.5 Å². The largest absolute Gasteiger partial charge is 0.469 e. The van der Waals surface area contributed by atoms with E-state index < -0.39 is 5.41 Å². The van der Waals surface area contributed by atoms with Crippen molar-refractivity contribution in [3.8, 4) is 12.1 Å². The van der Waals surface area contributed by atoms with E-state index in [4.69, 9.17) is 9.15 Å². The highest BCUT2D eigenvalue weighted by Crippen LogP contribution is 2.76. The number of nitriles is 2. The minimum Gasteiger partial charge on any atom is -0.469 e. The van der Waals surface area contributed by atoms with Crippen molar-refractivity contribution in [1.29, 1.82) is 10.5 Å². The van der Waals surface area contributed by atoms with Gasteiger partial charge in [0.1, 0.15) is 5.76 Å². The molecule has 0 radical (unpaired) electrons. The van der Waals surface area contributed by atoms with Crippen molar-refractivity contribution in [2.45, 2.75) is 31.5 Å². The van der Waals surface area contributed by atoms with Crippen LogP contribution in [0.2, 0.25) is 0 Å². The number of nitrogens with zero attached hydrogens (tertiary/aromatic N) is 2. The zero-order valence-corrected chi connectivity index (χ0v) is 12.6. The molecule has 0 N–H and O–H groups in total. The van der Waals surface area contributed by atoms with Crippen LogP contribution in [0.25, 0.3) is 0 Å². The highest BCUT2D eigenvalue weighted by molar-refractivity contribution is 5.44. The van der Waals surface area contributed by atoms with Gasteiger partial charge in [0.15, 0.2) is 5.41 Å². The first-order valence-electron chi connectivity index (χ1n) is 7.78. The molecule has 0 bridgehead atoms. The highest BCUT2D eigenvalue weighted by atomic mass is 16.5. The van der Waals surface area contributed by atoms with E-state index in [1.165, 1.54) is 0 Å². The molecule has 4 nitrogen and oxygen atoms in total. The van der Waals surface area contributed by atoms with Gasteiger partial charge in [0.25, 0.3) is 0 Å². The number of hydrogen-bond donors (Lipinski definition) is 0. The maximum absolute atomic E-state index is 9.74. The lowest BCUT2D eigenvalue weighted by molar-refractivity contribution is -0.151. The van der Waals surface area contributed by atoms with Crippen molar-refractivity contribution in [3.05, 3.63) is 60.1 Å². The van der Waals surface area contributed by atoms with Gasteiger partial charge < -0.3 is 9.15 Å². The number of ether oxygens (including phenoxy) is 1. The van der Waals surface area contributed by atoms with Crippen LogP contribution in [0.3, 0.4) is 0 Å². The van der Waals surface area contributed by atoms with Crippen LogP contribution in [0.1, 0.15) is 30.1 Å². The minimum atomic E-state index is -1.16. The van der Waals surface area contributed by atoms with E-state index in [-0.39, 0.29) is 17.4 Å². The quantitative estimate of drug-likeness (QED) is 0.862. The molecule has 1 aromatic heterocycles. The van der Waals surface area contributed by atoms with Crippen molar-refractivity contribution in [1.82, 2.24) is 0 Å². The maximum Gasteiger partial charge on any atom is 0.180 e. The Bertz CT molecular complexity index is 765. The van der Waals surface area contributed by atoms with Crippen molar-refractivity contribution in [3.63, 3.8) is 0 Å². The van der Waals surface area contributed by atoms with Gasteiger partial charge in [-0.1, -0.05) is 30.3 Å². The molecule has 0 aliphatic heterocycles. The van der Waals surface area contributed by atoms with E-state index in [1.54, 1.807) is 6.26 Å². The van der Waals surface area contributed by atoms with Gasteiger partial charge in [-0.3, -0.25) is 0 Å².